The van der Waals surface area contributed by atoms with Crippen LogP contribution in [0.3, 0.4) is 0 Å². The van der Waals surface area contributed by atoms with Gasteiger partial charge in [-0.15, -0.1) is 0 Å². The lowest BCUT2D eigenvalue weighted by Gasteiger charge is -2.02. The first kappa shape index (κ1) is 10.7. The molecule has 14 heavy (non-hydrogen) atoms. The second-order valence-electron chi connectivity index (χ2n) is 2.75. The first-order valence-electron chi connectivity index (χ1n) is 3.88. The van der Waals surface area contributed by atoms with Gasteiger partial charge in [0, 0.05) is 11.6 Å². The molecule has 0 saturated heterocycles. The van der Waals surface area contributed by atoms with Gasteiger partial charge in [-0.05, 0) is 24.6 Å². The molecule has 0 saturated carbocycles. The van der Waals surface area contributed by atoms with Crippen LogP contribution in [0.5, 0.6) is 0 Å². The zero-order valence-electron chi connectivity index (χ0n) is 7.42. The van der Waals surface area contributed by atoms with E-state index < -0.39 is 11.8 Å². The summed E-state index contributed by atoms with van der Waals surface area (Å²) in [7, 11) is 0. The maximum absolute atomic E-state index is 12.9. The Morgan fingerprint density at radius 1 is 1.57 bits per heavy atom. The first-order valence-corrected chi connectivity index (χ1v) is 4.26. The molecule has 0 spiro atoms. The van der Waals surface area contributed by atoms with Gasteiger partial charge in [0.1, 0.15) is 5.82 Å². The fraction of sp³-hybridized carbons (Fsp3) is 0.100. The quantitative estimate of drug-likeness (QED) is 0.769. The third-order valence-electron chi connectivity index (χ3n) is 1.76. The van der Waals surface area contributed by atoms with Crippen molar-refractivity contribution in [1.29, 1.82) is 0 Å². The highest BCUT2D eigenvalue weighted by atomic mass is 35.5. The average Bonchev–Trinajstić information content (AvgIpc) is 2.13. The van der Waals surface area contributed by atoms with Crippen LogP contribution in [0.2, 0.25) is 5.02 Å². The molecule has 1 N–H and O–H groups in total. The number of rotatable bonds is 2. The maximum Gasteiger partial charge on any atom is 0.328 e. The molecule has 0 amide bonds. The second kappa shape index (κ2) is 4.24. The topological polar surface area (TPSA) is 37.3 Å². The van der Waals surface area contributed by atoms with Gasteiger partial charge in [0.25, 0.3) is 0 Å². The third kappa shape index (κ3) is 2.33. The molecule has 0 fully saturated rings. The standard InChI is InChI=1S/C10H8ClFO2/c1-6-8(12)4-2-7(10(6)11)3-5-9(13)14/h2-5H,1H3,(H,13,14). The fourth-order valence-corrected chi connectivity index (χ4v) is 1.19. The molecule has 0 bridgehead atoms. The van der Waals surface area contributed by atoms with E-state index in [-0.39, 0.29) is 5.02 Å². The zero-order valence-corrected chi connectivity index (χ0v) is 8.18. The van der Waals surface area contributed by atoms with Crippen LogP contribution in [0.25, 0.3) is 6.08 Å². The Balaban J connectivity index is 3.12. The molecule has 2 nitrogen and oxygen atoms in total. The summed E-state index contributed by atoms with van der Waals surface area (Å²) in [5.41, 5.74) is 0.812. The number of carbonyl (C=O) groups is 1. The van der Waals surface area contributed by atoms with Crippen molar-refractivity contribution in [3.63, 3.8) is 0 Å². The summed E-state index contributed by atoms with van der Waals surface area (Å²) in [6.07, 6.45) is 2.29. The summed E-state index contributed by atoms with van der Waals surface area (Å²) in [6.45, 7) is 1.54. The molecular weight excluding hydrogens is 207 g/mol. The van der Waals surface area contributed by atoms with Crippen molar-refractivity contribution in [3.8, 4) is 0 Å². The van der Waals surface area contributed by atoms with E-state index in [9.17, 15) is 9.18 Å². The molecule has 1 aromatic rings. The number of benzene rings is 1. The van der Waals surface area contributed by atoms with E-state index in [0.29, 0.717) is 11.1 Å². The van der Waals surface area contributed by atoms with E-state index in [2.05, 4.69) is 0 Å². The molecule has 0 atom stereocenters. The molecular formula is C10H8ClFO2. The van der Waals surface area contributed by atoms with Crippen LogP contribution in [0.15, 0.2) is 18.2 Å². The zero-order chi connectivity index (χ0) is 10.7. The molecule has 0 aliphatic rings. The van der Waals surface area contributed by atoms with Crippen molar-refractivity contribution < 1.29 is 14.3 Å². The first-order chi connectivity index (χ1) is 6.52. The predicted octanol–water partition coefficient (Wildman–Crippen LogP) is 2.89. The summed E-state index contributed by atoms with van der Waals surface area (Å²) in [5.74, 6) is -1.47. The van der Waals surface area contributed by atoms with Crippen LogP contribution in [0.4, 0.5) is 4.39 Å². The van der Waals surface area contributed by atoms with Gasteiger partial charge in [-0.25, -0.2) is 9.18 Å². The predicted molar refractivity (Wildman–Crippen MR) is 52.8 cm³/mol. The Labute approximate surface area is 85.6 Å². The summed E-state index contributed by atoms with van der Waals surface area (Å²) < 4.78 is 12.9. The van der Waals surface area contributed by atoms with Crippen LogP contribution < -0.4 is 0 Å². The van der Waals surface area contributed by atoms with Crippen LogP contribution in [0, 0.1) is 12.7 Å². The molecule has 1 rings (SSSR count). The minimum atomic E-state index is -1.07. The van der Waals surface area contributed by atoms with Gasteiger partial charge < -0.3 is 5.11 Å². The highest BCUT2D eigenvalue weighted by molar-refractivity contribution is 6.32. The van der Waals surface area contributed by atoms with Crippen LogP contribution in [-0.4, -0.2) is 11.1 Å². The maximum atomic E-state index is 12.9. The Hall–Kier alpha value is -1.35. The van der Waals surface area contributed by atoms with Gasteiger partial charge in [0.2, 0.25) is 0 Å². The van der Waals surface area contributed by atoms with E-state index in [0.717, 1.165) is 6.08 Å². The second-order valence-corrected chi connectivity index (χ2v) is 3.13. The Kier molecular flexibility index (Phi) is 3.25. The van der Waals surface area contributed by atoms with Crippen LogP contribution in [0.1, 0.15) is 11.1 Å². The number of carboxylic acids is 1. The Morgan fingerprint density at radius 3 is 2.79 bits per heavy atom. The molecule has 0 aliphatic carbocycles. The van der Waals surface area contributed by atoms with Crippen LogP contribution >= 0.6 is 11.6 Å². The van der Waals surface area contributed by atoms with E-state index in [1.165, 1.54) is 25.1 Å². The van der Waals surface area contributed by atoms with E-state index in [1.54, 1.807) is 0 Å². The highest BCUT2D eigenvalue weighted by Gasteiger charge is 2.05. The number of aliphatic carboxylic acids is 1. The molecule has 74 valence electrons. The van der Waals surface area contributed by atoms with Crippen molar-refractivity contribution in [3.05, 3.63) is 40.2 Å². The number of carboxylic acid groups (broad SMARTS) is 1. The van der Waals surface area contributed by atoms with E-state index in [1.807, 2.05) is 0 Å². The van der Waals surface area contributed by atoms with Crippen molar-refractivity contribution in [2.45, 2.75) is 6.92 Å². The normalized spacial score (nSPS) is 10.8. The lowest BCUT2D eigenvalue weighted by Crippen LogP contribution is -1.89. The third-order valence-corrected chi connectivity index (χ3v) is 2.26. The molecule has 0 unspecified atom stereocenters. The largest absolute Gasteiger partial charge is 0.478 e. The molecule has 0 aromatic heterocycles. The van der Waals surface area contributed by atoms with Gasteiger partial charge in [0.15, 0.2) is 0 Å². The van der Waals surface area contributed by atoms with E-state index >= 15 is 0 Å². The summed E-state index contributed by atoms with van der Waals surface area (Å²) in [4.78, 5) is 10.2. The summed E-state index contributed by atoms with van der Waals surface area (Å²) in [6, 6.07) is 2.69. The van der Waals surface area contributed by atoms with Gasteiger partial charge in [-0.1, -0.05) is 17.7 Å². The van der Waals surface area contributed by atoms with Gasteiger partial charge >= 0.3 is 5.97 Å². The lowest BCUT2D eigenvalue weighted by molar-refractivity contribution is -0.131. The SMILES string of the molecule is Cc1c(F)ccc(C=CC(=O)O)c1Cl. The summed E-state index contributed by atoms with van der Waals surface area (Å²) in [5, 5.41) is 8.62. The smallest absolute Gasteiger partial charge is 0.328 e. The molecule has 4 heteroatoms. The van der Waals surface area contributed by atoms with Crippen molar-refractivity contribution >= 4 is 23.6 Å². The fourth-order valence-electron chi connectivity index (χ4n) is 0.972. The summed E-state index contributed by atoms with van der Waals surface area (Å²) >= 11 is 5.80. The van der Waals surface area contributed by atoms with E-state index in [4.69, 9.17) is 16.7 Å². The lowest BCUT2D eigenvalue weighted by atomic mass is 10.1. The van der Waals surface area contributed by atoms with Crippen molar-refractivity contribution in [1.82, 2.24) is 0 Å². The molecule has 0 heterocycles. The average molecular weight is 215 g/mol. The number of hydrogen-bond acceptors (Lipinski definition) is 1. The molecule has 0 aliphatic heterocycles. The Bertz CT molecular complexity index is 399. The van der Waals surface area contributed by atoms with Crippen molar-refractivity contribution in [2.75, 3.05) is 0 Å². The minimum absolute atomic E-state index is 0.238. The molecule has 0 radical (unpaired) electrons. The van der Waals surface area contributed by atoms with Crippen LogP contribution in [-0.2, 0) is 4.79 Å². The number of halogens is 2. The van der Waals surface area contributed by atoms with Crippen molar-refractivity contribution in [2.24, 2.45) is 0 Å². The minimum Gasteiger partial charge on any atom is -0.478 e. The number of hydrogen-bond donors (Lipinski definition) is 1. The Morgan fingerprint density at radius 2 is 2.21 bits per heavy atom. The highest BCUT2D eigenvalue weighted by Crippen LogP contribution is 2.23. The van der Waals surface area contributed by atoms with Gasteiger partial charge in [-0.2, -0.15) is 0 Å². The molecule has 1 aromatic carbocycles. The van der Waals surface area contributed by atoms with Gasteiger partial charge in [-0.3, -0.25) is 0 Å². The van der Waals surface area contributed by atoms with Gasteiger partial charge in [0.05, 0.1) is 5.02 Å². The monoisotopic (exact) mass is 214 g/mol.